The van der Waals surface area contributed by atoms with E-state index in [1.807, 2.05) is 12.1 Å². The average molecular weight is 288 g/mol. The summed E-state index contributed by atoms with van der Waals surface area (Å²) in [5, 5.41) is 9.77. The van der Waals surface area contributed by atoms with E-state index in [1.54, 1.807) is 13.2 Å². The van der Waals surface area contributed by atoms with Gasteiger partial charge >= 0.3 is 0 Å². The Balaban J connectivity index is 1.98. The van der Waals surface area contributed by atoms with E-state index in [-0.39, 0.29) is 11.9 Å². The lowest BCUT2D eigenvalue weighted by molar-refractivity contribution is -0.0935. The maximum Gasteiger partial charge on any atom is 0.160 e. The van der Waals surface area contributed by atoms with Crippen molar-refractivity contribution in [2.75, 3.05) is 13.7 Å². The Hall–Kier alpha value is -1.48. The van der Waals surface area contributed by atoms with Crippen LogP contribution in [0.15, 0.2) is 29.8 Å². The number of allylic oxidation sites excluding steroid dienone is 1. The number of methoxy groups -OCH3 is 1. The topological polar surface area (TPSA) is 38.7 Å². The van der Waals surface area contributed by atoms with Gasteiger partial charge in [0.25, 0.3) is 0 Å². The fourth-order valence-corrected chi connectivity index (χ4v) is 4.12. The summed E-state index contributed by atoms with van der Waals surface area (Å²) in [5.74, 6) is 2.91. The number of hydrogen-bond acceptors (Lipinski definition) is 3. The fraction of sp³-hybridized carbons (Fsp3) is 0.556. The Labute approximate surface area is 126 Å². The van der Waals surface area contributed by atoms with Crippen LogP contribution >= 0.6 is 0 Å². The SMILES string of the molecule is COc1cc([C@@H]2OC[C@@H]3[C@@H](C)[C@@H]2C(C)=C[C@H]3C)ccc1O. The Kier molecular flexibility index (Phi) is 3.70. The fourth-order valence-electron chi connectivity index (χ4n) is 4.12. The van der Waals surface area contributed by atoms with Crippen LogP contribution in [-0.2, 0) is 4.74 Å². The predicted molar refractivity (Wildman–Crippen MR) is 82.4 cm³/mol. The molecule has 2 aliphatic rings. The van der Waals surface area contributed by atoms with Crippen LogP contribution in [0.25, 0.3) is 0 Å². The maximum atomic E-state index is 9.77. The summed E-state index contributed by atoms with van der Waals surface area (Å²) >= 11 is 0. The summed E-state index contributed by atoms with van der Waals surface area (Å²) in [6.07, 6.45) is 2.46. The van der Waals surface area contributed by atoms with Gasteiger partial charge in [0, 0.05) is 5.92 Å². The lowest BCUT2D eigenvalue weighted by atomic mass is 9.64. The zero-order valence-electron chi connectivity index (χ0n) is 13.2. The molecule has 1 aromatic carbocycles. The van der Waals surface area contributed by atoms with Crippen molar-refractivity contribution in [3.8, 4) is 11.5 Å². The van der Waals surface area contributed by atoms with E-state index in [1.165, 1.54) is 5.57 Å². The quantitative estimate of drug-likeness (QED) is 0.838. The smallest absolute Gasteiger partial charge is 0.160 e. The number of phenols is 1. The van der Waals surface area contributed by atoms with Crippen LogP contribution in [0, 0.1) is 23.7 Å². The normalized spacial score (nSPS) is 35.2. The molecule has 1 N–H and O–H groups in total. The highest BCUT2D eigenvalue weighted by Crippen LogP contribution is 2.50. The van der Waals surface area contributed by atoms with Crippen molar-refractivity contribution in [2.24, 2.45) is 23.7 Å². The van der Waals surface area contributed by atoms with Gasteiger partial charge in [0.2, 0.25) is 0 Å². The molecule has 0 unspecified atom stereocenters. The summed E-state index contributed by atoms with van der Waals surface area (Å²) in [5.41, 5.74) is 2.50. The second-order valence-corrected chi connectivity index (χ2v) is 6.50. The zero-order valence-corrected chi connectivity index (χ0v) is 13.2. The Bertz CT molecular complexity index is 564. The van der Waals surface area contributed by atoms with Crippen LogP contribution in [0.3, 0.4) is 0 Å². The minimum absolute atomic E-state index is 0.0505. The lowest BCUT2D eigenvalue weighted by Crippen LogP contribution is -2.42. The molecule has 114 valence electrons. The molecule has 21 heavy (non-hydrogen) atoms. The van der Waals surface area contributed by atoms with E-state index in [0.717, 1.165) is 12.2 Å². The van der Waals surface area contributed by atoms with E-state index in [0.29, 0.717) is 29.4 Å². The lowest BCUT2D eigenvalue weighted by Gasteiger charge is -2.47. The molecule has 1 aliphatic heterocycles. The van der Waals surface area contributed by atoms with Gasteiger partial charge in [-0.2, -0.15) is 0 Å². The molecule has 1 heterocycles. The molecule has 1 saturated heterocycles. The molecular formula is C18H24O3. The van der Waals surface area contributed by atoms with Crippen LogP contribution in [0.2, 0.25) is 0 Å². The molecule has 1 aliphatic carbocycles. The van der Waals surface area contributed by atoms with Crippen LogP contribution < -0.4 is 4.74 Å². The number of aromatic hydroxyl groups is 1. The van der Waals surface area contributed by atoms with E-state index in [9.17, 15) is 5.11 Å². The van der Waals surface area contributed by atoms with Crippen molar-refractivity contribution < 1.29 is 14.6 Å². The molecule has 3 rings (SSSR count). The third-order valence-electron chi connectivity index (χ3n) is 5.30. The third kappa shape index (κ3) is 2.34. The number of fused-ring (bicyclic) bond motifs is 2. The summed E-state index contributed by atoms with van der Waals surface area (Å²) in [6.45, 7) is 7.65. The zero-order chi connectivity index (χ0) is 15.1. The molecule has 1 fully saturated rings. The Morgan fingerprint density at radius 2 is 2.05 bits per heavy atom. The second-order valence-electron chi connectivity index (χ2n) is 6.50. The highest BCUT2D eigenvalue weighted by molar-refractivity contribution is 5.43. The highest BCUT2D eigenvalue weighted by Gasteiger charge is 2.43. The van der Waals surface area contributed by atoms with Crippen LogP contribution in [0.4, 0.5) is 0 Å². The first kappa shape index (κ1) is 14.5. The molecular weight excluding hydrogens is 264 g/mol. The number of phenolic OH excluding ortho intramolecular Hbond substituents is 1. The Morgan fingerprint density at radius 1 is 1.29 bits per heavy atom. The third-order valence-corrected chi connectivity index (χ3v) is 5.30. The number of benzene rings is 1. The summed E-state index contributed by atoms with van der Waals surface area (Å²) in [7, 11) is 1.58. The molecule has 0 spiro atoms. The van der Waals surface area contributed by atoms with Gasteiger partial charge in [0.1, 0.15) is 0 Å². The van der Waals surface area contributed by atoms with Gasteiger partial charge in [-0.15, -0.1) is 0 Å². The summed E-state index contributed by atoms with van der Waals surface area (Å²) < 4.78 is 11.4. The van der Waals surface area contributed by atoms with E-state index >= 15 is 0 Å². The predicted octanol–water partition coefficient (Wildman–Crippen LogP) is 3.94. The monoisotopic (exact) mass is 288 g/mol. The van der Waals surface area contributed by atoms with Gasteiger partial charge in [-0.25, -0.2) is 0 Å². The minimum atomic E-state index is 0.0505. The van der Waals surface area contributed by atoms with Gasteiger partial charge in [0.05, 0.1) is 19.8 Å². The number of rotatable bonds is 2. The molecule has 2 bridgehead atoms. The van der Waals surface area contributed by atoms with Crippen molar-refractivity contribution in [1.29, 1.82) is 0 Å². The minimum Gasteiger partial charge on any atom is -0.504 e. The van der Waals surface area contributed by atoms with Gasteiger partial charge in [-0.3, -0.25) is 0 Å². The Morgan fingerprint density at radius 3 is 2.76 bits per heavy atom. The molecule has 0 amide bonds. The van der Waals surface area contributed by atoms with Crippen molar-refractivity contribution in [1.82, 2.24) is 0 Å². The maximum absolute atomic E-state index is 9.77. The van der Waals surface area contributed by atoms with E-state index < -0.39 is 0 Å². The van der Waals surface area contributed by atoms with Crippen molar-refractivity contribution >= 4 is 0 Å². The molecule has 0 radical (unpaired) electrons. The number of ether oxygens (including phenoxy) is 2. The van der Waals surface area contributed by atoms with Crippen LogP contribution in [-0.4, -0.2) is 18.8 Å². The van der Waals surface area contributed by atoms with Crippen LogP contribution in [0.1, 0.15) is 32.4 Å². The van der Waals surface area contributed by atoms with Gasteiger partial charge < -0.3 is 14.6 Å². The molecule has 0 aromatic heterocycles. The van der Waals surface area contributed by atoms with E-state index in [4.69, 9.17) is 9.47 Å². The summed E-state index contributed by atoms with van der Waals surface area (Å²) in [6, 6.07) is 5.54. The van der Waals surface area contributed by atoms with E-state index in [2.05, 4.69) is 26.8 Å². The molecule has 1 aromatic rings. The van der Waals surface area contributed by atoms with Gasteiger partial charge in [0.15, 0.2) is 11.5 Å². The molecule has 0 saturated carbocycles. The largest absolute Gasteiger partial charge is 0.504 e. The molecule has 3 heteroatoms. The number of hydrogen-bond donors (Lipinski definition) is 1. The van der Waals surface area contributed by atoms with Crippen molar-refractivity contribution in [2.45, 2.75) is 26.9 Å². The first-order chi connectivity index (χ1) is 10.0. The van der Waals surface area contributed by atoms with Crippen molar-refractivity contribution in [3.05, 3.63) is 35.4 Å². The first-order valence-corrected chi connectivity index (χ1v) is 7.69. The van der Waals surface area contributed by atoms with Gasteiger partial charge in [-0.1, -0.05) is 31.6 Å². The van der Waals surface area contributed by atoms with Crippen LogP contribution in [0.5, 0.6) is 11.5 Å². The van der Waals surface area contributed by atoms with Gasteiger partial charge in [-0.05, 0) is 42.4 Å². The average Bonchev–Trinajstić information content (AvgIpc) is 2.45. The highest BCUT2D eigenvalue weighted by atomic mass is 16.5. The standard InChI is InChI=1S/C18H24O3/c1-10-7-11(2)17-12(3)14(10)9-21-18(17)13-5-6-15(19)16(8-13)20-4/h5-8,10,12,14,17-19H,9H2,1-4H3/t10-,12-,14+,17+,18+/m1/s1. The second kappa shape index (κ2) is 5.38. The first-order valence-electron chi connectivity index (χ1n) is 7.69. The van der Waals surface area contributed by atoms with Crippen molar-refractivity contribution in [3.63, 3.8) is 0 Å². The molecule has 3 nitrogen and oxygen atoms in total. The molecule has 5 atom stereocenters. The summed E-state index contributed by atoms with van der Waals surface area (Å²) in [4.78, 5) is 0.